The van der Waals surface area contributed by atoms with Crippen molar-refractivity contribution < 1.29 is 24.3 Å². The smallest absolute Gasteiger partial charge is 0.335 e. The molecule has 0 bridgehead atoms. The first-order valence-electron chi connectivity index (χ1n) is 14.6. The number of pyridine rings is 1. The zero-order valence-electron chi connectivity index (χ0n) is 25.0. The molecule has 3 amide bonds. The van der Waals surface area contributed by atoms with Crippen LogP contribution in [-0.4, -0.2) is 54.4 Å². The molecule has 234 valence electrons. The fraction of sp³-hybridized carbons (Fsp3) is 0.242. The third-order valence-corrected chi connectivity index (χ3v) is 9.23. The molecular formula is C33H30ClN7O5. The van der Waals surface area contributed by atoms with Gasteiger partial charge in [-0.15, -0.1) is 0 Å². The summed E-state index contributed by atoms with van der Waals surface area (Å²) in [5.41, 5.74) is 1.67. The summed E-state index contributed by atoms with van der Waals surface area (Å²) >= 11 is 6.24. The molecule has 3 atom stereocenters. The van der Waals surface area contributed by atoms with E-state index in [-0.39, 0.29) is 46.7 Å². The van der Waals surface area contributed by atoms with Gasteiger partial charge in [-0.25, -0.2) is 14.3 Å². The van der Waals surface area contributed by atoms with E-state index in [2.05, 4.69) is 31.0 Å². The van der Waals surface area contributed by atoms with Crippen molar-refractivity contribution in [1.29, 1.82) is 0 Å². The summed E-state index contributed by atoms with van der Waals surface area (Å²) < 4.78 is 1.23. The van der Waals surface area contributed by atoms with E-state index in [0.717, 1.165) is 11.1 Å². The Balaban J connectivity index is 1.33. The maximum atomic E-state index is 13.9. The van der Waals surface area contributed by atoms with Crippen molar-refractivity contribution in [3.8, 4) is 0 Å². The highest BCUT2D eigenvalue weighted by Crippen LogP contribution is 2.52. The summed E-state index contributed by atoms with van der Waals surface area (Å²) in [5.74, 6) is -2.80. The number of anilines is 1. The molecule has 0 spiro atoms. The number of aromatic nitrogens is 4. The van der Waals surface area contributed by atoms with E-state index < -0.39 is 29.1 Å². The van der Waals surface area contributed by atoms with Crippen LogP contribution < -0.4 is 16.0 Å². The molecule has 2 aliphatic carbocycles. The van der Waals surface area contributed by atoms with Gasteiger partial charge < -0.3 is 21.1 Å². The van der Waals surface area contributed by atoms with E-state index in [4.69, 9.17) is 11.6 Å². The van der Waals surface area contributed by atoms with Gasteiger partial charge in [0.05, 0.1) is 22.5 Å². The van der Waals surface area contributed by atoms with Gasteiger partial charge in [-0.05, 0) is 48.9 Å². The Morgan fingerprint density at radius 3 is 2.63 bits per heavy atom. The highest BCUT2D eigenvalue weighted by Gasteiger charge is 2.48. The molecule has 12 nitrogen and oxygen atoms in total. The van der Waals surface area contributed by atoms with Crippen molar-refractivity contribution in [1.82, 2.24) is 30.2 Å². The predicted octanol–water partition coefficient (Wildman–Crippen LogP) is 4.45. The first-order valence-corrected chi connectivity index (χ1v) is 15.0. The molecule has 0 radical (unpaired) electrons. The third-order valence-electron chi connectivity index (χ3n) is 8.90. The number of amides is 3. The average Bonchev–Trinajstić information content (AvgIpc) is 3.63. The van der Waals surface area contributed by atoms with Gasteiger partial charge in [0.25, 0.3) is 17.7 Å². The molecule has 13 heteroatoms. The van der Waals surface area contributed by atoms with Gasteiger partial charge in [0.2, 0.25) is 0 Å². The Bertz CT molecular complexity index is 1950. The molecule has 2 aliphatic rings. The fourth-order valence-electron chi connectivity index (χ4n) is 6.23. The number of carbonyl (C=O) groups is 4. The van der Waals surface area contributed by atoms with E-state index in [0.29, 0.717) is 23.6 Å². The van der Waals surface area contributed by atoms with Gasteiger partial charge in [-0.1, -0.05) is 54.4 Å². The molecule has 1 aromatic carbocycles. The Morgan fingerprint density at radius 2 is 1.89 bits per heavy atom. The summed E-state index contributed by atoms with van der Waals surface area (Å²) in [6.45, 7) is 4.00. The minimum atomic E-state index is -0.984. The standard InChI is InChI=1S/C33H30ClN7O5/c1-18-20(32(45)46)9-10-22-24(11-12-33(18,22)2)39-31(44)27-14-26(30(43)36-16-19-6-5-13-35-15-19)38-28-21(17-37-41(27)28)29(42)40-25-8-4-3-7-23(25)34/h3-10,13-15,17,22,24H,11-12,16H2,1-2H3,(H,36,43)(H,39,44)(H,40,42)(H,45,46). The van der Waals surface area contributed by atoms with E-state index in [1.54, 1.807) is 48.8 Å². The van der Waals surface area contributed by atoms with Gasteiger partial charge in [-0.3, -0.25) is 19.4 Å². The number of hydrogen-bond acceptors (Lipinski definition) is 7. The average molecular weight is 640 g/mol. The second-order valence-corrected chi connectivity index (χ2v) is 12.0. The number of nitrogens with one attached hydrogen (secondary N) is 3. The summed E-state index contributed by atoms with van der Waals surface area (Å²) in [4.78, 5) is 60.9. The Hall–Kier alpha value is -5.36. The lowest BCUT2D eigenvalue weighted by Crippen LogP contribution is -2.42. The number of hydrogen-bond donors (Lipinski definition) is 4. The monoisotopic (exact) mass is 639 g/mol. The fourth-order valence-corrected chi connectivity index (χ4v) is 6.41. The number of fused-ring (bicyclic) bond motifs is 2. The largest absolute Gasteiger partial charge is 0.478 e. The quantitative estimate of drug-likeness (QED) is 0.219. The van der Waals surface area contributed by atoms with Gasteiger partial charge in [0.1, 0.15) is 17.0 Å². The molecule has 3 aromatic heterocycles. The van der Waals surface area contributed by atoms with Crippen LogP contribution in [0.15, 0.2) is 84.4 Å². The number of benzene rings is 1. The topological polar surface area (TPSA) is 168 Å². The number of nitrogens with zero attached hydrogens (tertiary/aromatic N) is 4. The van der Waals surface area contributed by atoms with Crippen molar-refractivity contribution >= 4 is 46.6 Å². The molecule has 46 heavy (non-hydrogen) atoms. The van der Waals surface area contributed by atoms with E-state index in [1.807, 2.05) is 26.0 Å². The second kappa shape index (κ2) is 12.2. The van der Waals surface area contributed by atoms with Crippen LogP contribution in [-0.2, 0) is 11.3 Å². The molecular weight excluding hydrogens is 610 g/mol. The van der Waals surface area contributed by atoms with Crippen molar-refractivity contribution in [2.24, 2.45) is 11.3 Å². The first kappa shape index (κ1) is 30.7. The third kappa shape index (κ3) is 5.63. The number of carbonyl (C=O) groups excluding carboxylic acids is 3. The number of carboxylic acid groups (broad SMARTS) is 1. The molecule has 1 fully saturated rings. The summed E-state index contributed by atoms with van der Waals surface area (Å²) in [7, 11) is 0. The normalized spacial score (nSPS) is 20.3. The number of allylic oxidation sites excluding steroid dienone is 1. The van der Waals surface area contributed by atoms with Gasteiger partial charge >= 0.3 is 5.97 Å². The van der Waals surface area contributed by atoms with Crippen LogP contribution >= 0.6 is 11.6 Å². The van der Waals surface area contributed by atoms with Gasteiger partial charge in [0, 0.05) is 37.0 Å². The zero-order chi connectivity index (χ0) is 32.6. The summed E-state index contributed by atoms with van der Waals surface area (Å²) in [5, 5.41) is 22.9. The van der Waals surface area contributed by atoms with E-state index in [1.165, 1.54) is 16.8 Å². The molecule has 4 aromatic rings. The van der Waals surface area contributed by atoms with Crippen LogP contribution in [0, 0.1) is 11.3 Å². The van der Waals surface area contributed by atoms with Crippen LogP contribution in [0.25, 0.3) is 5.65 Å². The first-order chi connectivity index (χ1) is 22.1. The summed E-state index contributed by atoms with van der Waals surface area (Å²) in [6.07, 6.45) is 9.26. The molecule has 1 saturated carbocycles. The molecule has 3 heterocycles. The Labute approximate surface area is 268 Å². The number of carboxylic acids is 1. The molecule has 0 saturated heterocycles. The minimum absolute atomic E-state index is 0.000187. The van der Waals surface area contributed by atoms with Gasteiger partial charge in [-0.2, -0.15) is 5.10 Å². The van der Waals surface area contributed by atoms with Crippen molar-refractivity contribution in [3.63, 3.8) is 0 Å². The zero-order valence-corrected chi connectivity index (χ0v) is 25.7. The Kier molecular flexibility index (Phi) is 8.13. The number of para-hydroxylation sites is 1. The Morgan fingerprint density at radius 1 is 1.09 bits per heavy atom. The van der Waals surface area contributed by atoms with Crippen molar-refractivity contribution in [2.75, 3.05) is 5.32 Å². The van der Waals surface area contributed by atoms with Crippen LogP contribution in [0.3, 0.4) is 0 Å². The number of aliphatic carboxylic acids is 1. The molecule has 6 rings (SSSR count). The van der Waals surface area contributed by atoms with Gasteiger partial charge in [0.15, 0.2) is 5.65 Å². The lowest BCUT2D eigenvalue weighted by molar-refractivity contribution is -0.132. The lowest BCUT2D eigenvalue weighted by Gasteiger charge is -2.37. The maximum absolute atomic E-state index is 13.9. The molecule has 0 aliphatic heterocycles. The van der Waals surface area contributed by atoms with Crippen LogP contribution in [0.1, 0.15) is 63.6 Å². The van der Waals surface area contributed by atoms with Crippen LogP contribution in [0.2, 0.25) is 5.02 Å². The predicted molar refractivity (Wildman–Crippen MR) is 169 cm³/mol. The van der Waals surface area contributed by atoms with Crippen molar-refractivity contribution in [2.45, 2.75) is 39.3 Å². The number of rotatable bonds is 8. The van der Waals surface area contributed by atoms with Crippen LogP contribution in [0.5, 0.6) is 0 Å². The maximum Gasteiger partial charge on any atom is 0.335 e. The highest BCUT2D eigenvalue weighted by atomic mass is 35.5. The van der Waals surface area contributed by atoms with Crippen LogP contribution in [0.4, 0.5) is 5.69 Å². The summed E-state index contributed by atoms with van der Waals surface area (Å²) in [6, 6.07) is 11.3. The lowest BCUT2D eigenvalue weighted by atomic mass is 9.69. The second-order valence-electron chi connectivity index (χ2n) is 11.6. The molecule has 4 N–H and O–H groups in total. The van der Waals surface area contributed by atoms with Crippen molar-refractivity contribution in [3.05, 3.63) is 112 Å². The minimum Gasteiger partial charge on any atom is -0.478 e. The highest BCUT2D eigenvalue weighted by molar-refractivity contribution is 6.34. The number of halogens is 1. The SMILES string of the molecule is CC1=C(C(=O)O)C=CC2C(NC(=O)c3cc(C(=O)NCc4cccnc4)nc4c(C(=O)Nc5ccccc5Cl)cnn34)CCC12C. The van der Waals surface area contributed by atoms with E-state index in [9.17, 15) is 24.3 Å². The van der Waals surface area contributed by atoms with E-state index >= 15 is 0 Å². The molecule has 3 unspecified atom stereocenters.